The highest BCUT2D eigenvalue weighted by Gasteiger charge is 2.36. The minimum Gasteiger partial charge on any atom is -0.351 e. The first kappa shape index (κ1) is 13.9. The summed E-state index contributed by atoms with van der Waals surface area (Å²) in [4.78, 5) is 12.4. The molecule has 110 valence electrons. The summed E-state index contributed by atoms with van der Waals surface area (Å²) in [5, 5.41) is 15.8. The number of rotatable bonds is 2. The number of hydrogen-bond donors (Lipinski definition) is 2. The van der Waals surface area contributed by atoms with Crippen molar-refractivity contribution >= 4 is 5.91 Å². The van der Waals surface area contributed by atoms with Crippen molar-refractivity contribution in [3.05, 3.63) is 0 Å². The first-order valence-electron chi connectivity index (χ1n) is 8.24. The monoisotopic (exact) mass is 275 g/mol. The predicted molar refractivity (Wildman–Crippen MR) is 76.8 cm³/mol. The van der Waals surface area contributed by atoms with Gasteiger partial charge in [0.1, 0.15) is 0 Å². The molecular weight excluding hydrogens is 250 g/mol. The van der Waals surface area contributed by atoms with Crippen LogP contribution in [0.3, 0.4) is 0 Å². The van der Waals surface area contributed by atoms with Gasteiger partial charge in [0.15, 0.2) is 0 Å². The molecule has 1 saturated heterocycles. The zero-order valence-electron chi connectivity index (χ0n) is 12.1. The second-order valence-electron chi connectivity index (χ2n) is 6.73. The van der Waals surface area contributed by atoms with Crippen molar-refractivity contribution in [3.63, 3.8) is 0 Å². The van der Waals surface area contributed by atoms with Crippen LogP contribution in [0, 0.1) is 23.2 Å². The molecule has 5 unspecified atom stereocenters. The van der Waals surface area contributed by atoms with Gasteiger partial charge in [-0.1, -0.05) is 12.8 Å². The summed E-state index contributed by atoms with van der Waals surface area (Å²) in [6.07, 6.45) is 10.3. The normalized spacial score (nSPS) is 40.6. The third kappa shape index (κ3) is 2.83. The maximum absolute atomic E-state index is 12.4. The van der Waals surface area contributed by atoms with Gasteiger partial charge in [-0.25, -0.2) is 0 Å². The Hall–Kier alpha value is -1.08. The van der Waals surface area contributed by atoms with Gasteiger partial charge >= 0.3 is 0 Å². The number of nitriles is 1. The Bertz CT molecular complexity index is 403. The van der Waals surface area contributed by atoms with Crippen molar-refractivity contribution in [2.75, 3.05) is 0 Å². The van der Waals surface area contributed by atoms with E-state index in [0.29, 0.717) is 6.04 Å². The van der Waals surface area contributed by atoms with E-state index in [1.165, 1.54) is 32.1 Å². The van der Waals surface area contributed by atoms with Crippen LogP contribution in [-0.2, 0) is 4.79 Å². The average molecular weight is 275 g/mol. The molecule has 2 saturated carbocycles. The molecule has 1 amide bonds. The summed E-state index contributed by atoms with van der Waals surface area (Å²) in [5.41, 5.74) is 0. The van der Waals surface area contributed by atoms with Crippen molar-refractivity contribution in [2.45, 2.75) is 75.9 Å². The van der Waals surface area contributed by atoms with Crippen LogP contribution in [0.4, 0.5) is 0 Å². The fourth-order valence-electron chi connectivity index (χ4n) is 4.27. The van der Waals surface area contributed by atoms with Gasteiger partial charge in [-0.2, -0.15) is 5.26 Å². The highest BCUT2D eigenvalue weighted by Crippen LogP contribution is 2.32. The van der Waals surface area contributed by atoms with Crippen LogP contribution in [0.5, 0.6) is 0 Å². The summed E-state index contributed by atoms with van der Waals surface area (Å²) in [6.45, 7) is 0. The Balaban J connectivity index is 1.54. The standard InChI is InChI=1S/C16H25N3O/c17-10-12-5-3-7-14(12)19-16(20)15-9-8-11-4-1-2-6-13(11)18-15/h11-15,18H,1-9H2,(H,19,20). The molecule has 0 radical (unpaired) electrons. The molecule has 2 N–H and O–H groups in total. The Morgan fingerprint density at radius 3 is 2.75 bits per heavy atom. The highest BCUT2D eigenvalue weighted by molar-refractivity contribution is 5.82. The second kappa shape index (κ2) is 6.13. The summed E-state index contributed by atoms with van der Waals surface area (Å²) in [7, 11) is 0. The van der Waals surface area contributed by atoms with E-state index in [1.54, 1.807) is 0 Å². The lowest BCUT2D eigenvalue weighted by Crippen LogP contribution is -2.56. The van der Waals surface area contributed by atoms with Crippen LogP contribution in [0.1, 0.15) is 57.8 Å². The average Bonchev–Trinajstić information content (AvgIpc) is 2.94. The highest BCUT2D eigenvalue weighted by atomic mass is 16.2. The fraction of sp³-hybridized carbons (Fsp3) is 0.875. The number of carbonyl (C=O) groups excluding carboxylic acids is 1. The van der Waals surface area contributed by atoms with E-state index in [2.05, 4.69) is 16.7 Å². The van der Waals surface area contributed by atoms with Gasteiger partial charge in [-0.3, -0.25) is 4.79 Å². The maximum Gasteiger partial charge on any atom is 0.237 e. The second-order valence-corrected chi connectivity index (χ2v) is 6.73. The van der Waals surface area contributed by atoms with Crippen molar-refractivity contribution in [2.24, 2.45) is 11.8 Å². The third-order valence-corrected chi connectivity index (χ3v) is 5.48. The lowest BCUT2D eigenvalue weighted by molar-refractivity contribution is -0.125. The molecule has 3 aliphatic rings. The van der Waals surface area contributed by atoms with E-state index in [1.807, 2.05) is 0 Å². The first-order chi connectivity index (χ1) is 9.78. The van der Waals surface area contributed by atoms with Crippen LogP contribution in [0.25, 0.3) is 0 Å². The van der Waals surface area contributed by atoms with Gasteiger partial charge in [-0.15, -0.1) is 0 Å². The number of piperidine rings is 1. The molecule has 1 aliphatic heterocycles. The van der Waals surface area contributed by atoms with Crippen LogP contribution < -0.4 is 10.6 Å². The Kier molecular flexibility index (Phi) is 4.26. The van der Waals surface area contributed by atoms with Gasteiger partial charge < -0.3 is 10.6 Å². The Labute approximate surface area is 121 Å². The van der Waals surface area contributed by atoms with Gasteiger partial charge in [0.25, 0.3) is 0 Å². The molecule has 5 atom stereocenters. The van der Waals surface area contributed by atoms with Gasteiger partial charge in [0, 0.05) is 12.1 Å². The zero-order valence-corrected chi connectivity index (χ0v) is 12.1. The molecule has 20 heavy (non-hydrogen) atoms. The molecule has 2 aliphatic carbocycles. The molecule has 0 aromatic heterocycles. The zero-order chi connectivity index (χ0) is 13.9. The van der Waals surface area contributed by atoms with Gasteiger partial charge in [-0.05, 0) is 50.9 Å². The van der Waals surface area contributed by atoms with E-state index in [4.69, 9.17) is 5.26 Å². The van der Waals surface area contributed by atoms with E-state index < -0.39 is 0 Å². The largest absolute Gasteiger partial charge is 0.351 e. The molecule has 4 heteroatoms. The van der Waals surface area contributed by atoms with Crippen LogP contribution >= 0.6 is 0 Å². The Morgan fingerprint density at radius 1 is 1.05 bits per heavy atom. The smallest absolute Gasteiger partial charge is 0.237 e. The van der Waals surface area contributed by atoms with E-state index in [9.17, 15) is 4.79 Å². The molecule has 0 aromatic carbocycles. The first-order valence-corrected chi connectivity index (χ1v) is 8.24. The third-order valence-electron chi connectivity index (χ3n) is 5.48. The number of fused-ring (bicyclic) bond motifs is 1. The topological polar surface area (TPSA) is 64.9 Å². The number of carbonyl (C=O) groups is 1. The molecular formula is C16H25N3O. The molecule has 3 rings (SSSR count). The van der Waals surface area contributed by atoms with E-state index in [-0.39, 0.29) is 23.9 Å². The van der Waals surface area contributed by atoms with Crippen molar-refractivity contribution in [1.82, 2.24) is 10.6 Å². The minimum atomic E-state index is -0.0331. The van der Waals surface area contributed by atoms with Crippen molar-refractivity contribution in [3.8, 4) is 6.07 Å². The number of nitrogens with one attached hydrogen (secondary N) is 2. The fourth-order valence-corrected chi connectivity index (χ4v) is 4.27. The quantitative estimate of drug-likeness (QED) is 0.811. The molecule has 1 heterocycles. The van der Waals surface area contributed by atoms with E-state index in [0.717, 1.165) is 31.6 Å². The number of nitrogens with zero attached hydrogens (tertiary/aromatic N) is 1. The van der Waals surface area contributed by atoms with Crippen molar-refractivity contribution in [1.29, 1.82) is 5.26 Å². The van der Waals surface area contributed by atoms with E-state index >= 15 is 0 Å². The van der Waals surface area contributed by atoms with Gasteiger partial charge in [0.05, 0.1) is 18.0 Å². The van der Waals surface area contributed by atoms with Crippen LogP contribution in [0.2, 0.25) is 0 Å². The number of amides is 1. The van der Waals surface area contributed by atoms with Gasteiger partial charge in [0.2, 0.25) is 5.91 Å². The summed E-state index contributed by atoms with van der Waals surface area (Å²) >= 11 is 0. The lowest BCUT2D eigenvalue weighted by Gasteiger charge is -2.40. The lowest BCUT2D eigenvalue weighted by atomic mass is 9.77. The summed E-state index contributed by atoms with van der Waals surface area (Å²) < 4.78 is 0. The summed E-state index contributed by atoms with van der Waals surface area (Å²) in [5.74, 6) is 0.928. The molecule has 0 aromatic rings. The van der Waals surface area contributed by atoms with Crippen LogP contribution in [0.15, 0.2) is 0 Å². The van der Waals surface area contributed by atoms with Crippen LogP contribution in [-0.4, -0.2) is 24.0 Å². The minimum absolute atomic E-state index is 0.0185. The molecule has 4 nitrogen and oxygen atoms in total. The Morgan fingerprint density at radius 2 is 1.90 bits per heavy atom. The molecule has 0 spiro atoms. The van der Waals surface area contributed by atoms with Crippen molar-refractivity contribution < 1.29 is 4.79 Å². The maximum atomic E-state index is 12.4. The SMILES string of the molecule is N#CC1CCCC1NC(=O)C1CCC2CCCCC2N1. The molecule has 3 fully saturated rings. The predicted octanol–water partition coefficient (Wildman–Crippen LogP) is 2.11. The summed E-state index contributed by atoms with van der Waals surface area (Å²) in [6, 6.07) is 2.93. The number of hydrogen-bond acceptors (Lipinski definition) is 3. The molecule has 0 bridgehead atoms.